The SMILES string of the molecule is CC1C(=O)N(C)c2cnc(Nc3cccc(C(=O)NCCCN4CCCC4)c3)cc2N1C1CCOCC1. The van der Waals surface area contributed by atoms with Gasteiger partial charge in [0.15, 0.2) is 0 Å². The number of pyridine rings is 1. The molecule has 2 fully saturated rings. The first kappa shape index (κ1) is 25.5. The highest BCUT2D eigenvalue weighted by molar-refractivity contribution is 6.05. The number of fused-ring (bicyclic) bond motifs is 1. The lowest BCUT2D eigenvalue weighted by atomic mass is 10.00. The van der Waals surface area contributed by atoms with Crippen LogP contribution in [0.2, 0.25) is 0 Å². The molecule has 1 aromatic heterocycles. The number of hydrogen-bond donors (Lipinski definition) is 2. The summed E-state index contributed by atoms with van der Waals surface area (Å²) in [6.07, 6.45) is 7.06. The van der Waals surface area contributed by atoms with Crippen LogP contribution >= 0.6 is 0 Å². The van der Waals surface area contributed by atoms with Crippen molar-refractivity contribution in [3.05, 3.63) is 42.1 Å². The van der Waals surface area contributed by atoms with Gasteiger partial charge in [-0.3, -0.25) is 9.59 Å². The molecule has 3 aliphatic rings. The Morgan fingerprint density at radius 2 is 1.92 bits per heavy atom. The maximum absolute atomic E-state index is 12.9. The molecule has 9 heteroatoms. The summed E-state index contributed by atoms with van der Waals surface area (Å²) >= 11 is 0. The summed E-state index contributed by atoms with van der Waals surface area (Å²) in [5.41, 5.74) is 3.21. The van der Waals surface area contributed by atoms with E-state index in [0.29, 0.717) is 31.1 Å². The Balaban J connectivity index is 1.27. The normalized spacial score (nSPS) is 20.7. The van der Waals surface area contributed by atoms with Gasteiger partial charge >= 0.3 is 0 Å². The number of nitrogens with one attached hydrogen (secondary N) is 2. The fourth-order valence-electron chi connectivity index (χ4n) is 5.67. The number of rotatable bonds is 8. The van der Waals surface area contributed by atoms with E-state index >= 15 is 0 Å². The van der Waals surface area contributed by atoms with E-state index in [-0.39, 0.29) is 23.9 Å². The molecule has 2 saturated heterocycles. The van der Waals surface area contributed by atoms with Crippen molar-refractivity contribution in [1.82, 2.24) is 15.2 Å². The molecule has 1 aromatic carbocycles. The Hall–Kier alpha value is -3.17. The number of benzene rings is 1. The van der Waals surface area contributed by atoms with E-state index in [4.69, 9.17) is 4.74 Å². The minimum absolute atomic E-state index is 0.0665. The highest BCUT2D eigenvalue weighted by Gasteiger charge is 2.38. The second-order valence-electron chi connectivity index (χ2n) is 10.2. The molecule has 9 nitrogen and oxygen atoms in total. The first-order chi connectivity index (χ1) is 18.0. The van der Waals surface area contributed by atoms with Crippen molar-refractivity contribution >= 4 is 34.7 Å². The zero-order chi connectivity index (χ0) is 25.8. The number of carbonyl (C=O) groups excluding carboxylic acids is 2. The van der Waals surface area contributed by atoms with E-state index in [1.165, 1.54) is 25.9 Å². The predicted molar refractivity (Wildman–Crippen MR) is 146 cm³/mol. The zero-order valence-electron chi connectivity index (χ0n) is 21.9. The van der Waals surface area contributed by atoms with E-state index in [1.54, 1.807) is 18.1 Å². The third-order valence-corrected chi connectivity index (χ3v) is 7.72. The summed E-state index contributed by atoms with van der Waals surface area (Å²) in [6, 6.07) is 9.49. The van der Waals surface area contributed by atoms with E-state index < -0.39 is 0 Å². The van der Waals surface area contributed by atoms with E-state index in [2.05, 4.69) is 25.4 Å². The molecule has 198 valence electrons. The van der Waals surface area contributed by atoms with Gasteiger partial charge in [-0.1, -0.05) is 6.07 Å². The topological polar surface area (TPSA) is 90.0 Å². The van der Waals surface area contributed by atoms with Gasteiger partial charge < -0.3 is 30.1 Å². The van der Waals surface area contributed by atoms with Gasteiger partial charge in [0.2, 0.25) is 5.91 Å². The molecule has 2 N–H and O–H groups in total. The van der Waals surface area contributed by atoms with Gasteiger partial charge in [-0.25, -0.2) is 4.98 Å². The van der Waals surface area contributed by atoms with Crippen LogP contribution in [0, 0.1) is 0 Å². The first-order valence-electron chi connectivity index (χ1n) is 13.5. The second kappa shape index (κ2) is 11.5. The molecule has 4 heterocycles. The van der Waals surface area contributed by atoms with Gasteiger partial charge in [0, 0.05) is 50.2 Å². The average molecular weight is 507 g/mol. The lowest BCUT2D eigenvalue weighted by Gasteiger charge is -2.45. The summed E-state index contributed by atoms with van der Waals surface area (Å²) in [4.78, 5) is 36.7. The number of anilines is 4. The highest BCUT2D eigenvalue weighted by atomic mass is 16.5. The lowest BCUT2D eigenvalue weighted by Crippen LogP contribution is -2.55. The molecule has 0 spiro atoms. The minimum atomic E-state index is -0.256. The van der Waals surface area contributed by atoms with Crippen LogP contribution in [0.15, 0.2) is 36.5 Å². The molecule has 0 radical (unpaired) electrons. The van der Waals surface area contributed by atoms with Crippen molar-refractivity contribution in [3.8, 4) is 0 Å². The van der Waals surface area contributed by atoms with Gasteiger partial charge in [-0.05, 0) is 76.9 Å². The van der Waals surface area contributed by atoms with Crippen molar-refractivity contribution in [2.75, 3.05) is 61.6 Å². The van der Waals surface area contributed by atoms with Crippen LogP contribution in [0.3, 0.4) is 0 Å². The van der Waals surface area contributed by atoms with Crippen LogP contribution in [0.25, 0.3) is 0 Å². The van der Waals surface area contributed by atoms with Crippen molar-refractivity contribution < 1.29 is 14.3 Å². The highest BCUT2D eigenvalue weighted by Crippen LogP contribution is 2.39. The summed E-state index contributed by atoms with van der Waals surface area (Å²) in [5.74, 6) is 0.678. The summed E-state index contributed by atoms with van der Waals surface area (Å²) < 4.78 is 5.57. The maximum atomic E-state index is 12.9. The number of aromatic nitrogens is 1. The maximum Gasteiger partial charge on any atom is 0.251 e. The van der Waals surface area contributed by atoms with Crippen LogP contribution in [-0.2, 0) is 9.53 Å². The first-order valence-corrected chi connectivity index (χ1v) is 13.5. The summed E-state index contributed by atoms with van der Waals surface area (Å²) in [5, 5.41) is 6.41. The largest absolute Gasteiger partial charge is 0.381 e. The molecular formula is C28H38N6O3. The molecule has 2 aromatic rings. The smallest absolute Gasteiger partial charge is 0.251 e. The Labute approximate surface area is 219 Å². The Morgan fingerprint density at radius 1 is 1.14 bits per heavy atom. The van der Waals surface area contributed by atoms with Crippen molar-refractivity contribution in [3.63, 3.8) is 0 Å². The molecule has 3 aliphatic heterocycles. The molecule has 0 aliphatic carbocycles. The van der Waals surface area contributed by atoms with Crippen LogP contribution in [0.5, 0.6) is 0 Å². The average Bonchev–Trinajstić information content (AvgIpc) is 3.44. The number of amides is 2. The Bertz CT molecular complexity index is 1110. The van der Waals surface area contributed by atoms with Gasteiger partial charge in [0.1, 0.15) is 11.9 Å². The van der Waals surface area contributed by atoms with Gasteiger partial charge in [-0.2, -0.15) is 0 Å². The van der Waals surface area contributed by atoms with Crippen molar-refractivity contribution in [2.45, 2.75) is 51.1 Å². The molecule has 0 saturated carbocycles. The minimum Gasteiger partial charge on any atom is -0.381 e. The van der Waals surface area contributed by atoms with Gasteiger partial charge in [0.05, 0.1) is 17.6 Å². The number of likely N-dealkylation sites (N-methyl/N-ethyl adjacent to an activating group) is 1. The van der Waals surface area contributed by atoms with Gasteiger partial charge in [-0.15, -0.1) is 0 Å². The van der Waals surface area contributed by atoms with E-state index in [0.717, 1.165) is 42.9 Å². The third-order valence-electron chi connectivity index (χ3n) is 7.72. The molecular weight excluding hydrogens is 468 g/mol. The molecule has 1 unspecified atom stereocenters. The Kier molecular flexibility index (Phi) is 7.90. The number of ether oxygens (including phenoxy) is 1. The second-order valence-corrected chi connectivity index (χ2v) is 10.2. The van der Waals surface area contributed by atoms with Gasteiger partial charge in [0.25, 0.3) is 5.91 Å². The summed E-state index contributed by atoms with van der Waals surface area (Å²) in [6.45, 7) is 7.45. The number of hydrogen-bond acceptors (Lipinski definition) is 7. The quantitative estimate of drug-likeness (QED) is 0.531. The Morgan fingerprint density at radius 3 is 2.70 bits per heavy atom. The van der Waals surface area contributed by atoms with Crippen LogP contribution < -0.4 is 20.4 Å². The van der Waals surface area contributed by atoms with Crippen LogP contribution in [-0.4, -0.2) is 80.2 Å². The fourth-order valence-corrected chi connectivity index (χ4v) is 5.67. The number of carbonyl (C=O) groups is 2. The van der Waals surface area contributed by atoms with Crippen molar-refractivity contribution in [1.29, 1.82) is 0 Å². The predicted octanol–water partition coefficient (Wildman–Crippen LogP) is 3.39. The summed E-state index contributed by atoms with van der Waals surface area (Å²) in [7, 11) is 1.81. The monoisotopic (exact) mass is 506 g/mol. The van der Waals surface area contributed by atoms with E-state index in [1.807, 2.05) is 37.3 Å². The molecule has 0 bridgehead atoms. The standard InChI is InChI=1S/C28H38N6O3/c1-20-28(36)32(2)25-19-30-26(18-24(25)34(20)23-9-15-37-16-10-23)31-22-8-5-7-21(17-22)27(35)29-11-6-14-33-12-3-4-13-33/h5,7-8,17-20,23H,3-4,6,9-16H2,1-2H3,(H,29,35)(H,30,31). The lowest BCUT2D eigenvalue weighted by molar-refractivity contribution is -0.119. The van der Waals surface area contributed by atoms with E-state index in [9.17, 15) is 9.59 Å². The van der Waals surface area contributed by atoms with Crippen LogP contribution in [0.4, 0.5) is 22.9 Å². The van der Waals surface area contributed by atoms with Crippen LogP contribution in [0.1, 0.15) is 49.4 Å². The molecule has 2 amide bonds. The fraction of sp³-hybridized carbons (Fsp3) is 0.536. The number of nitrogens with zero attached hydrogens (tertiary/aromatic N) is 4. The molecule has 37 heavy (non-hydrogen) atoms. The molecule has 5 rings (SSSR count). The van der Waals surface area contributed by atoms with Crippen molar-refractivity contribution in [2.24, 2.45) is 0 Å². The third kappa shape index (κ3) is 5.72. The number of likely N-dealkylation sites (tertiary alicyclic amines) is 1. The molecule has 1 atom stereocenters. The zero-order valence-corrected chi connectivity index (χ0v) is 21.9.